The molecule has 7 heteroatoms. The molecular formula is C13H15N3O3S. The summed E-state index contributed by atoms with van der Waals surface area (Å²) >= 11 is 1.50. The molecule has 1 aromatic carbocycles. The molecule has 1 heterocycles. The van der Waals surface area contributed by atoms with Gasteiger partial charge < -0.3 is 14.8 Å². The van der Waals surface area contributed by atoms with Gasteiger partial charge in [0.25, 0.3) is 5.91 Å². The minimum atomic E-state index is -0.180. The Hall–Kier alpha value is -2.15. The van der Waals surface area contributed by atoms with Crippen LogP contribution < -0.4 is 14.8 Å². The molecule has 0 saturated carbocycles. The molecule has 0 atom stereocenters. The van der Waals surface area contributed by atoms with Gasteiger partial charge in [-0.15, -0.1) is 10.2 Å². The largest absolute Gasteiger partial charge is 0.486 e. The number of hydrogen-bond donors (Lipinski definition) is 1. The van der Waals surface area contributed by atoms with Crippen molar-refractivity contribution in [1.29, 1.82) is 0 Å². The van der Waals surface area contributed by atoms with Crippen LogP contribution in [0.5, 0.6) is 11.5 Å². The van der Waals surface area contributed by atoms with E-state index in [1.165, 1.54) is 11.3 Å². The lowest BCUT2D eigenvalue weighted by atomic mass is 10.3. The Labute approximate surface area is 120 Å². The van der Waals surface area contributed by atoms with E-state index in [0.29, 0.717) is 18.1 Å². The van der Waals surface area contributed by atoms with Gasteiger partial charge in [-0.05, 0) is 19.1 Å². The third-order valence-corrected chi connectivity index (χ3v) is 3.20. The molecule has 0 aliphatic heterocycles. The number of carbonyl (C=O) groups is 1. The number of nitrogens with zero attached hydrogens (tertiary/aromatic N) is 2. The highest BCUT2D eigenvalue weighted by atomic mass is 32.1. The number of hydrogen-bond acceptors (Lipinski definition) is 6. The average molecular weight is 293 g/mol. The standard InChI is InChI=1S/C13H15N3O3S/c1-9-15-16-13(20-9)8-19-11-5-3-4-10(6-11)18-7-12(17)14-2/h3-6H,7-8H2,1-2H3,(H,14,17). The van der Waals surface area contributed by atoms with Gasteiger partial charge in [0.15, 0.2) is 11.6 Å². The molecule has 0 bridgehead atoms. The van der Waals surface area contributed by atoms with E-state index in [-0.39, 0.29) is 12.5 Å². The molecule has 0 radical (unpaired) electrons. The van der Waals surface area contributed by atoms with E-state index in [0.717, 1.165) is 10.0 Å². The van der Waals surface area contributed by atoms with Crippen LogP contribution in [0.2, 0.25) is 0 Å². The van der Waals surface area contributed by atoms with Crippen molar-refractivity contribution in [2.24, 2.45) is 0 Å². The summed E-state index contributed by atoms with van der Waals surface area (Å²) in [6.45, 7) is 2.24. The molecule has 0 aliphatic carbocycles. The summed E-state index contributed by atoms with van der Waals surface area (Å²) in [4.78, 5) is 11.1. The Kier molecular flexibility index (Phi) is 4.89. The monoisotopic (exact) mass is 293 g/mol. The minimum Gasteiger partial charge on any atom is -0.486 e. The topological polar surface area (TPSA) is 73.3 Å². The molecule has 2 rings (SSSR count). The van der Waals surface area contributed by atoms with Crippen LogP contribution in [-0.2, 0) is 11.4 Å². The second-order valence-electron chi connectivity index (χ2n) is 3.94. The van der Waals surface area contributed by atoms with Crippen LogP contribution in [0.25, 0.3) is 0 Å². The first kappa shape index (κ1) is 14.3. The molecule has 0 fully saturated rings. The highest BCUT2D eigenvalue weighted by Gasteiger charge is 2.04. The van der Waals surface area contributed by atoms with E-state index in [2.05, 4.69) is 15.5 Å². The first-order valence-corrected chi connectivity index (χ1v) is 6.84. The van der Waals surface area contributed by atoms with Gasteiger partial charge in [-0.1, -0.05) is 17.4 Å². The molecule has 1 N–H and O–H groups in total. The van der Waals surface area contributed by atoms with Crippen molar-refractivity contribution in [1.82, 2.24) is 15.5 Å². The fraction of sp³-hybridized carbons (Fsp3) is 0.308. The summed E-state index contributed by atoms with van der Waals surface area (Å²) in [5.74, 6) is 1.06. The number of benzene rings is 1. The summed E-state index contributed by atoms with van der Waals surface area (Å²) in [6, 6.07) is 7.13. The molecule has 2 aromatic rings. The van der Waals surface area contributed by atoms with Crippen molar-refractivity contribution in [3.8, 4) is 11.5 Å². The van der Waals surface area contributed by atoms with Crippen LogP contribution in [-0.4, -0.2) is 29.8 Å². The molecule has 1 amide bonds. The van der Waals surface area contributed by atoms with Crippen molar-refractivity contribution in [2.45, 2.75) is 13.5 Å². The first-order valence-electron chi connectivity index (χ1n) is 6.02. The Morgan fingerprint density at radius 3 is 2.70 bits per heavy atom. The van der Waals surface area contributed by atoms with E-state index in [1.54, 1.807) is 25.2 Å². The molecule has 6 nitrogen and oxygen atoms in total. The van der Waals surface area contributed by atoms with E-state index in [9.17, 15) is 4.79 Å². The summed E-state index contributed by atoms with van der Waals surface area (Å²) in [6.07, 6.45) is 0. The molecule has 106 valence electrons. The number of aryl methyl sites for hydroxylation is 1. The summed E-state index contributed by atoms with van der Waals surface area (Å²) < 4.78 is 10.9. The van der Waals surface area contributed by atoms with Crippen LogP contribution in [0.4, 0.5) is 0 Å². The van der Waals surface area contributed by atoms with Crippen molar-refractivity contribution in [3.05, 3.63) is 34.3 Å². The molecule has 0 saturated heterocycles. The van der Waals surface area contributed by atoms with Crippen LogP contribution >= 0.6 is 11.3 Å². The second-order valence-corrected chi connectivity index (χ2v) is 5.21. The fourth-order valence-electron chi connectivity index (χ4n) is 1.42. The zero-order valence-electron chi connectivity index (χ0n) is 11.3. The molecule has 0 spiro atoms. The van der Waals surface area contributed by atoms with Crippen LogP contribution in [0.15, 0.2) is 24.3 Å². The number of carbonyl (C=O) groups excluding carboxylic acids is 1. The SMILES string of the molecule is CNC(=O)COc1cccc(OCc2nnc(C)s2)c1. The van der Waals surface area contributed by atoms with E-state index in [1.807, 2.05) is 13.0 Å². The van der Waals surface area contributed by atoms with Gasteiger partial charge in [0.05, 0.1) is 0 Å². The van der Waals surface area contributed by atoms with Gasteiger partial charge in [0.2, 0.25) is 0 Å². The maximum atomic E-state index is 11.1. The maximum absolute atomic E-state index is 11.1. The van der Waals surface area contributed by atoms with Crippen molar-refractivity contribution >= 4 is 17.2 Å². The number of aromatic nitrogens is 2. The zero-order chi connectivity index (χ0) is 14.4. The number of amides is 1. The molecule has 0 aliphatic rings. The second kappa shape index (κ2) is 6.85. The first-order chi connectivity index (χ1) is 9.67. The quantitative estimate of drug-likeness (QED) is 0.874. The number of likely N-dealkylation sites (N-methyl/N-ethyl adjacent to an activating group) is 1. The van der Waals surface area contributed by atoms with Gasteiger partial charge in [-0.25, -0.2) is 0 Å². The Balaban J connectivity index is 1.90. The predicted molar refractivity (Wildman–Crippen MR) is 75.0 cm³/mol. The molecule has 0 unspecified atom stereocenters. The van der Waals surface area contributed by atoms with Crippen LogP contribution in [0.1, 0.15) is 10.0 Å². The summed E-state index contributed by atoms with van der Waals surface area (Å²) in [5, 5.41) is 12.1. The average Bonchev–Trinajstić information content (AvgIpc) is 2.88. The zero-order valence-corrected chi connectivity index (χ0v) is 12.1. The highest BCUT2D eigenvalue weighted by Crippen LogP contribution is 2.21. The molecule has 1 aromatic heterocycles. The highest BCUT2D eigenvalue weighted by molar-refractivity contribution is 7.11. The Morgan fingerprint density at radius 2 is 2.05 bits per heavy atom. The third-order valence-electron chi connectivity index (χ3n) is 2.38. The lowest BCUT2D eigenvalue weighted by Gasteiger charge is -2.08. The Bertz CT molecular complexity index is 586. The van der Waals surface area contributed by atoms with Crippen molar-refractivity contribution < 1.29 is 14.3 Å². The molecule has 20 heavy (non-hydrogen) atoms. The lowest BCUT2D eigenvalue weighted by molar-refractivity contribution is -0.122. The van der Waals surface area contributed by atoms with Gasteiger partial charge in [-0.3, -0.25) is 4.79 Å². The van der Waals surface area contributed by atoms with Gasteiger partial charge in [0.1, 0.15) is 23.1 Å². The normalized spacial score (nSPS) is 10.1. The van der Waals surface area contributed by atoms with Crippen LogP contribution in [0, 0.1) is 6.92 Å². The van der Waals surface area contributed by atoms with E-state index in [4.69, 9.17) is 9.47 Å². The van der Waals surface area contributed by atoms with Gasteiger partial charge in [0, 0.05) is 13.1 Å². The number of rotatable bonds is 6. The van der Waals surface area contributed by atoms with Gasteiger partial charge in [-0.2, -0.15) is 0 Å². The third kappa shape index (κ3) is 4.20. The maximum Gasteiger partial charge on any atom is 0.257 e. The number of nitrogens with one attached hydrogen (secondary N) is 1. The Morgan fingerprint density at radius 1 is 1.30 bits per heavy atom. The van der Waals surface area contributed by atoms with E-state index >= 15 is 0 Å². The van der Waals surface area contributed by atoms with Crippen LogP contribution in [0.3, 0.4) is 0 Å². The lowest BCUT2D eigenvalue weighted by Crippen LogP contribution is -2.24. The van der Waals surface area contributed by atoms with Gasteiger partial charge >= 0.3 is 0 Å². The smallest absolute Gasteiger partial charge is 0.257 e. The fourth-order valence-corrected chi connectivity index (χ4v) is 2.04. The van der Waals surface area contributed by atoms with Crippen molar-refractivity contribution in [3.63, 3.8) is 0 Å². The predicted octanol–water partition coefficient (Wildman–Crippen LogP) is 1.55. The minimum absolute atomic E-state index is 0.0183. The van der Waals surface area contributed by atoms with E-state index < -0.39 is 0 Å². The summed E-state index contributed by atoms with van der Waals surface area (Å²) in [7, 11) is 1.56. The number of ether oxygens (including phenoxy) is 2. The summed E-state index contributed by atoms with van der Waals surface area (Å²) in [5.41, 5.74) is 0. The molecular weight excluding hydrogens is 278 g/mol. The van der Waals surface area contributed by atoms with Crippen molar-refractivity contribution in [2.75, 3.05) is 13.7 Å².